The van der Waals surface area contributed by atoms with E-state index in [-0.39, 0.29) is 5.41 Å². The van der Waals surface area contributed by atoms with Gasteiger partial charge in [0, 0.05) is 42.4 Å². The van der Waals surface area contributed by atoms with Crippen LogP contribution in [0, 0.1) is 13.8 Å². The molecule has 0 aliphatic carbocycles. The molecule has 0 fully saturated rings. The second kappa shape index (κ2) is 18.0. The van der Waals surface area contributed by atoms with Crippen molar-refractivity contribution in [3.63, 3.8) is 0 Å². The van der Waals surface area contributed by atoms with Crippen LogP contribution < -0.4 is 15.5 Å². The highest BCUT2D eigenvalue weighted by Gasteiger charge is 2.13. The van der Waals surface area contributed by atoms with Gasteiger partial charge in [0.1, 0.15) is 0 Å². The zero-order valence-corrected chi connectivity index (χ0v) is 29.0. The highest BCUT2D eigenvalue weighted by molar-refractivity contribution is 5.69. The summed E-state index contributed by atoms with van der Waals surface area (Å²) in [7, 11) is 0. The normalized spacial score (nSPS) is 11.5. The van der Waals surface area contributed by atoms with E-state index in [4.69, 9.17) is 0 Å². The van der Waals surface area contributed by atoms with Crippen molar-refractivity contribution in [2.75, 3.05) is 23.3 Å². The van der Waals surface area contributed by atoms with Crippen molar-refractivity contribution in [1.29, 1.82) is 0 Å². The fourth-order valence-electron chi connectivity index (χ4n) is 4.79. The van der Waals surface area contributed by atoms with E-state index >= 15 is 0 Å². The second-order valence-corrected chi connectivity index (χ2v) is 12.6. The van der Waals surface area contributed by atoms with Crippen LogP contribution in [0.5, 0.6) is 0 Å². The van der Waals surface area contributed by atoms with Crippen LogP contribution in [0.1, 0.15) is 89.1 Å². The molecule has 0 bridgehead atoms. The molecule has 0 aliphatic rings. The van der Waals surface area contributed by atoms with Crippen LogP contribution in [0.25, 0.3) is 5.70 Å². The summed E-state index contributed by atoms with van der Waals surface area (Å²) in [5.41, 5.74) is 11.7. The Hall–Kier alpha value is -3.98. The van der Waals surface area contributed by atoms with Crippen LogP contribution in [0.3, 0.4) is 0 Å². The maximum Gasteiger partial charge on any atom is 0.0420 e. The van der Waals surface area contributed by atoms with Gasteiger partial charge >= 0.3 is 0 Å². The molecule has 3 heteroatoms. The third-order valence-corrected chi connectivity index (χ3v) is 7.66. The van der Waals surface area contributed by atoms with Gasteiger partial charge in [-0.15, -0.1) is 0 Å². The van der Waals surface area contributed by atoms with Crippen molar-refractivity contribution in [2.24, 2.45) is 0 Å². The summed E-state index contributed by atoms with van der Waals surface area (Å²) >= 11 is 0. The molecule has 0 saturated heterocycles. The number of rotatable bonds is 13. The molecule has 0 amide bonds. The summed E-state index contributed by atoms with van der Waals surface area (Å²) in [5.74, 6) is 0. The standard InChI is InChI=1S/C28H36N2.C13H21N/c1-9-10-11-20(2)22(4)30-27-18-25(15-12-21(27)3)23(5)29-19-24-13-16-26(17-14-24)28(6,7)8;1-4-10-14(11-5-2)13-9-7-6-8-12(13)3/h9-18,29-30H,4-5,19H2,1-3,6-8H3;6-9H,4-5,10-11H2,1-3H3/b10-9-,20-11+;. The van der Waals surface area contributed by atoms with E-state index < -0.39 is 0 Å². The monoisotopic (exact) mass is 591 g/mol. The fourth-order valence-corrected chi connectivity index (χ4v) is 4.79. The summed E-state index contributed by atoms with van der Waals surface area (Å²) in [6.07, 6.45) is 8.52. The minimum atomic E-state index is 0.172. The summed E-state index contributed by atoms with van der Waals surface area (Å²) in [6.45, 7) is 31.0. The highest BCUT2D eigenvalue weighted by atomic mass is 15.1. The molecular formula is C41H57N3. The highest BCUT2D eigenvalue weighted by Crippen LogP contribution is 2.25. The molecule has 44 heavy (non-hydrogen) atoms. The number of aryl methyl sites for hydroxylation is 2. The molecule has 0 aliphatic heterocycles. The van der Waals surface area contributed by atoms with Gasteiger partial charge in [-0.05, 0) is 91.5 Å². The predicted molar refractivity (Wildman–Crippen MR) is 198 cm³/mol. The van der Waals surface area contributed by atoms with Gasteiger partial charge in [-0.3, -0.25) is 0 Å². The van der Waals surface area contributed by atoms with Gasteiger partial charge in [0.25, 0.3) is 0 Å². The average Bonchev–Trinajstić information content (AvgIpc) is 3.00. The number of para-hydroxylation sites is 1. The number of nitrogens with zero attached hydrogens (tertiary/aromatic N) is 1. The van der Waals surface area contributed by atoms with E-state index in [0.29, 0.717) is 0 Å². The lowest BCUT2D eigenvalue weighted by Crippen LogP contribution is -2.25. The molecule has 2 N–H and O–H groups in total. The number of anilines is 2. The van der Waals surface area contributed by atoms with Crippen LogP contribution in [0.15, 0.2) is 109 Å². The second-order valence-electron chi connectivity index (χ2n) is 12.6. The quantitative estimate of drug-likeness (QED) is 0.194. The molecule has 0 radical (unpaired) electrons. The number of allylic oxidation sites excluding steroid dienone is 4. The van der Waals surface area contributed by atoms with E-state index in [9.17, 15) is 0 Å². The first kappa shape index (κ1) is 36.2. The Labute approximate surface area is 269 Å². The van der Waals surface area contributed by atoms with E-state index in [1.54, 1.807) is 0 Å². The minimum absolute atomic E-state index is 0.172. The molecule has 3 aromatic rings. The van der Waals surface area contributed by atoms with Crippen molar-refractivity contribution < 1.29 is 0 Å². The van der Waals surface area contributed by atoms with Gasteiger partial charge < -0.3 is 15.5 Å². The summed E-state index contributed by atoms with van der Waals surface area (Å²) in [6, 6.07) is 23.8. The van der Waals surface area contributed by atoms with Crippen molar-refractivity contribution in [3.8, 4) is 0 Å². The zero-order chi connectivity index (χ0) is 32.7. The van der Waals surface area contributed by atoms with Gasteiger partial charge in [-0.25, -0.2) is 0 Å². The molecule has 3 rings (SSSR count). The number of nitrogens with one attached hydrogen (secondary N) is 2. The van der Waals surface area contributed by atoms with E-state index in [1.807, 2.05) is 19.1 Å². The molecule has 0 atom stereocenters. The first-order valence-electron chi connectivity index (χ1n) is 16.1. The van der Waals surface area contributed by atoms with Crippen LogP contribution >= 0.6 is 0 Å². The maximum atomic E-state index is 4.24. The molecule has 0 saturated carbocycles. The Balaban J connectivity index is 0.000000402. The topological polar surface area (TPSA) is 27.3 Å². The molecule has 0 aromatic heterocycles. The first-order chi connectivity index (χ1) is 20.9. The molecule has 0 spiro atoms. The minimum Gasteiger partial charge on any atom is -0.381 e. The predicted octanol–water partition coefficient (Wildman–Crippen LogP) is 11.1. The lowest BCUT2D eigenvalue weighted by Gasteiger charge is -2.25. The Bertz CT molecular complexity index is 1390. The van der Waals surface area contributed by atoms with Crippen molar-refractivity contribution >= 4 is 17.1 Å². The van der Waals surface area contributed by atoms with Crippen molar-refractivity contribution in [2.45, 2.75) is 87.1 Å². The van der Waals surface area contributed by atoms with E-state index in [1.165, 1.54) is 53.9 Å². The third-order valence-electron chi connectivity index (χ3n) is 7.66. The largest absolute Gasteiger partial charge is 0.381 e. The molecule has 3 nitrogen and oxygen atoms in total. The average molecular weight is 592 g/mol. The molecule has 0 heterocycles. The number of hydrogen-bond donors (Lipinski definition) is 2. The van der Waals surface area contributed by atoms with Gasteiger partial charge in [-0.1, -0.05) is 121 Å². The van der Waals surface area contributed by atoms with Gasteiger partial charge in [0.15, 0.2) is 0 Å². The molecular weight excluding hydrogens is 534 g/mol. The van der Waals surface area contributed by atoms with Crippen molar-refractivity contribution in [1.82, 2.24) is 5.32 Å². The van der Waals surface area contributed by atoms with Crippen LogP contribution in [-0.4, -0.2) is 13.1 Å². The number of benzene rings is 3. The Morgan fingerprint density at radius 1 is 0.864 bits per heavy atom. The number of hydrogen-bond acceptors (Lipinski definition) is 3. The third kappa shape index (κ3) is 11.6. The molecule has 236 valence electrons. The summed E-state index contributed by atoms with van der Waals surface area (Å²) in [5, 5.41) is 6.90. The Morgan fingerprint density at radius 2 is 1.50 bits per heavy atom. The van der Waals surface area contributed by atoms with E-state index in [2.05, 4.69) is 157 Å². The van der Waals surface area contributed by atoms with Crippen molar-refractivity contribution in [3.05, 3.63) is 137 Å². The Morgan fingerprint density at radius 3 is 2.07 bits per heavy atom. The molecule has 0 unspecified atom stereocenters. The maximum absolute atomic E-state index is 4.24. The SMILES string of the molecule is C=C(Nc1cc(C(=C)NCc2ccc(C(C)(C)C)cc2)ccc1C)/C(C)=C/C=C\C.CCCN(CCC)c1ccccc1C. The summed E-state index contributed by atoms with van der Waals surface area (Å²) < 4.78 is 0. The zero-order valence-electron chi connectivity index (χ0n) is 29.0. The fraction of sp³-hybridized carbons (Fsp3) is 0.366. The smallest absolute Gasteiger partial charge is 0.0420 e. The lowest BCUT2D eigenvalue weighted by molar-refractivity contribution is 0.590. The molecule has 3 aromatic carbocycles. The van der Waals surface area contributed by atoms with Gasteiger partial charge in [0.2, 0.25) is 0 Å². The van der Waals surface area contributed by atoms with Gasteiger partial charge in [0.05, 0.1) is 0 Å². The van der Waals surface area contributed by atoms with Crippen LogP contribution in [-0.2, 0) is 12.0 Å². The summed E-state index contributed by atoms with van der Waals surface area (Å²) in [4.78, 5) is 2.48. The van der Waals surface area contributed by atoms with E-state index in [0.717, 1.165) is 34.8 Å². The first-order valence-corrected chi connectivity index (χ1v) is 16.1. The van der Waals surface area contributed by atoms with Crippen LogP contribution in [0.4, 0.5) is 11.4 Å². The lowest BCUT2D eigenvalue weighted by atomic mass is 9.87. The van der Waals surface area contributed by atoms with Gasteiger partial charge in [-0.2, -0.15) is 0 Å². The van der Waals surface area contributed by atoms with Crippen LogP contribution in [0.2, 0.25) is 0 Å². The Kier molecular flexibility index (Phi) is 14.8.